The number of hydrogen-bond donors (Lipinski definition) is 0. The highest BCUT2D eigenvalue weighted by atomic mass is 79.9. The second-order valence-corrected chi connectivity index (χ2v) is 12.8. The summed E-state index contributed by atoms with van der Waals surface area (Å²) in [6, 6.07) is 15.8. The average Bonchev–Trinajstić information content (AvgIpc) is 2.78. The maximum Gasteiger partial charge on any atom is 0.188 e. The minimum absolute atomic E-state index is 0.0317. The van der Waals surface area contributed by atoms with Crippen LogP contribution in [0.1, 0.15) is 32.1 Å². The van der Waals surface area contributed by atoms with Gasteiger partial charge in [0, 0.05) is 17.7 Å². The van der Waals surface area contributed by atoms with Gasteiger partial charge in [-0.2, -0.15) is 0 Å². The van der Waals surface area contributed by atoms with Crippen LogP contribution in [0.3, 0.4) is 0 Å². The average molecular weight is 540 g/mol. The zero-order valence-corrected chi connectivity index (χ0v) is 20.9. The van der Waals surface area contributed by atoms with Gasteiger partial charge in [0.2, 0.25) is 0 Å². The molecule has 32 heavy (non-hydrogen) atoms. The highest BCUT2D eigenvalue weighted by molar-refractivity contribution is 9.09. The van der Waals surface area contributed by atoms with Crippen molar-refractivity contribution in [3.05, 3.63) is 72.8 Å². The molecule has 2 aromatic carbocycles. The smallest absolute Gasteiger partial charge is 0.188 e. The molecule has 0 saturated heterocycles. The van der Waals surface area contributed by atoms with E-state index >= 15 is 0 Å². The first-order valence-electron chi connectivity index (χ1n) is 10.6. The molecule has 172 valence electrons. The molecule has 2 aromatic rings. The van der Waals surface area contributed by atoms with E-state index < -0.39 is 41.9 Å². The van der Waals surface area contributed by atoms with Crippen LogP contribution in [0.4, 0.5) is 0 Å². The van der Waals surface area contributed by atoms with E-state index in [4.69, 9.17) is 0 Å². The third-order valence-electron chi connectivity index (χ3n) is 5.94. The Labute approximate surface area is 198 Å². The number of hydrogen-bond acceptors (Lipinski definition) is 5. The summed E-state index contributed by atoms with van der Waals surface area (Å²) in [4.78, 5) is 13.4. The Hall–Kier alpha value is -1.77. The molecule has 0 spiro atoms. The molecule has 0 radical (unpaired) electrons. The van der Waals surface area contributed by atoms with Gasteiger partial charge in [0.25, 0.3) is 0 Å². The minimum Gasteiger partial charge on any atom is -0.298 e. The minimum atomic E-state index is -4.10. The van der Waals surface area contributed by atoms with Crippen molar-refractivity contribution >= 4 is 41.4 Å². The summed E-state index contributed by atoms with van der Waals surface area (Å²) in [5.41, 5.74) is 0.348. The summed E-state index contributed by atoms with van der Waals surface area (Å²) in [7, 11) is -8.08. The van der Waals surface area contributed by atoms with Crippen LogP contribution in [-0.2, 0) is 24.5 Å². The third-order valence-corrected chi connectivity index (χ3v) is 11.2. The van der Waals surface area contributed by atoms with E-state index in [0.29, 0.717) is 24.8 Å². The van der Waals surface area contributed by atoms with Crippen LogP contribution in [0, 0.1) is 5.92 Å². The molecule has 8 heteroatoms. The number of Topliss-reactive ketones (excluding diaryl/α,β-unsaturated/α-hetero) is 1. The van der Waals surface area contributed by atoms with Crippen molar-refractivity contribution in [1.29, 1.82) is 0 Å². The number of halogens is 1. The van der Waals surface area contributed by atoms with Gasteiger partial charge in [-0.3, -0.25) is 4.79 Å². The zero-order chi connectivity index (χ0) is 23.4. The van der Waals surface area contributed by atoms with Gasteiger partial charge in [0.05, 0.1) is 15.0 Å². The predicted octanol–water partition coefficient (Wildman–Crippen LogP) is 4.77. The van der Waals surface area contributed by atoms with Gasteiger partial charge in [-0.15, -0.1) is 0 Å². The summed E-state index contributed by atoms with van der Waals surface area (Å²) in [6.45, 7) is 3.98. The van der Waals surface area contributed by atoms with Crippen LogP contribution >= 0.6 is 15.9 Å². The molecule has 0 N–H and O–H groups in total. The molecule has 0 aliphatic heterocycles. The van der Waals surface area contributed by atoms with Crippen molar-refractivity contribution in [3.8, 4) is 0 Å². The molecule has 0 heterocycles. The molecule has 1 aliphatic rings. The molecule has 0 bridgehead atoms. The van der Waals surface area contributed by atoms with E-state index in [-0.39, 0.29) is 21.5 Å². The SMILES string of the molecule is C=C(CBr)[C@H]([C@H]1CCCCCC(=O)[C@H]1S(=O)(=O)c1ccccc1)S(=O)(=O)c1ccccc1. The molecule has 1 fully saturated rings. The quantitative estimate of drug-likeness (QED) is 0.374. The Bertz CT molecular complexity index is 1090. The number of sulfone groups is 2. The fraction of sp³-hybridized carbons (Fsp3) is 0.375. The number of alkyl halides is 1. The fourth-order valence-corrected chi connectivity index (χ4v) is 9.26. The van der Waals surface area contributed by atoms with Gasteiger partial charge in [-0.1, -0.05) is 71.7 Å². The zero-order valence-electron chi connectivity index (χ0n) is 17.7. The van der Waals surface area contributed by atoms with Crippen molar-refractivity contribution in [1.82, 2.24) is 0 Å². The maximum atomic E-state index is 13.8. The van der Waals surface area contributed by atoms with E-state index in [9.17, 15) is 21.6 Å². The number of ketones is 1. The van der Waals surface area contributed by atoms with Gasteiger partial charge in [0.1, 0.15) is 5.25 Å². The van der Waals surface area contributed by atoms with Crippen molar-refractivity contribution in [2.45, 2.75) is 52.4 Å². The number of carbonyl (C=O) groups is 1. The van der Waals surface area contributed by atoms with Crippen LogP contribution in [0.25, 0.3) is 0 Å². The first-order chi connectivity index (χ1) is 15.2. The van der Waals surface area contributed by atoms with Gasteiger partial charge in [-0.05, 0) is 42.7 Å². The molecule has 3 atom stereocenters. The van der Waals surface area contributed by atoms with Gasteiger partial charge in [-0.25, -0.2) is 16.8 Å². The Morgan fingerprint density at radius 3 is 2.03 bits per heavy atom. The molecule has 1 saturated carbocycles. The second-order valence-electron chi connectivity index (χ2n) is 8.08. The van der Waals surface area contributed by atoms with Crippen molar-refractivity contribution in [3.63, 3.8) is 0 Å². The fourth-order valence-electron chi connectivity index (χ4n) is 4.44. The van der Waals surface area contributed by atoms with Crippen LogP contribution in [0.2, 0.25) is 0 Å². The van der Waals surface area contributed by atoms with Crippen LogP contribution in [0.5, 0.6) is 0 Å². The number of benzene rings is 2. The second kappa shape index (κ2) is 10.4. The van der Waals surface area contributed by atoms with Crippen molar-refractivity contribution in [2.75, 3.05) is 5.33 Å². The maximum absolute atomic E-state index is 13.8. The highest BCUT2D eigenvalue weighted by Crippen LogP contribution is 2.38. The molecule has 0 aromatic heterocycles. The Kier molecular flexibility index (Phi) is 8.11. The lowest BCUT2D eigenvalue weighted by atomic mass is 9.85. The lowest BCUT2D eigenvalue weighted by molar-refractivity contribution is -0.120. The normalized spacial score (nSPS) is 21.3. The van der Waals surface area contributed by atoms with E-state index in [2.05, 4.69) is 22.5 Å². The van der Waals surface area contributed by atoms with Crippen molar-refractivity contribution < 1.29 is 21.6 Å². The standard InChI is InChI=1S/C24H27BrO5S2/c1-18(17-25)23(31(27,28)19-11-5-2-6-12-19)21-15-9-4-10-16-22(26)24(21)32(29,30)20-13-7-3-8-14-20/h2-3,5-8,11-14,21,23-24H,1,4,9-10,15-17H2/t21-,23-,24+/m1/s1. The van der Waals surface area contributed by atoms with Crippen LogP contribution in [0.15, 0.2) is 82.6 Å². The number of rotatable bonds is 7. The summed E-state index contributed by atoms with van der Waals surface area (Å²) in [5, 5.41) is -2.45. The van der Waals surface area contributed by atoms with Crippen LogP contribution in [-0.4, -0.2) is 38.4 Å². The largest absolute Gasteiger partial charge is 0.298 e. The Morgan fingerprint density at radius 1 is 0.906 bits per heavy atom. The summed E-state index contributed by atoms with van der Waals surface area (Å²) < 4.78 is 54.9. The summed E-state index contributed by atoms with van der Waals surface area (Å²) in [6.07, 6.45) is 2.42. The summed E-state index contributed by atoms with van der Waals surface area (Å²) >= 11 is 3.31. The molecular weight excluding hydrogens is 512 g/mol. The molecular formula is C24H27BrO5S2. The molecule has 1 aliphatic carbocycles. The first kappa shape index (κ1) is 24.9. The lowest BCUT2D eigenvalue weighted by Gasteiger charge is -2.34. The first-order valence-corrected chi connectivity index (χ1v) is 14.8. The van der Waals surface area contributed by atoms with E-state index in [1.807, 2.05) is 0 Å². The molecule has 0 unspecified atom stereocenters. The number of carbonyl (C=O) groups excluding carboxylic acids is 1. The molecule has 3 rings (SSSR count). The van der Waals surface area contributed by atoms with E-state index in [1.165, 1.54) is 24.3 Å². The molecule has 0 amide bonds. The Balaban J connectivity index is 2.21. The highest BCUT2D eigenvalue weighted by Gasteiger charge is 2.48. The van der Waals surface area contributed by atoms with Crippen molar-refractivity contribution in [2.24, 2.45) is 5.92 Å². The third kappa shape index (κ3) is 5.07. The molecule has 5 nitrogen and oxygen atoms in total. The lowest BCUT2D eigenvalue weighted by Crippen LogP contribution is -2.47. The predicted molar refractivity (Wildman–Crippen MR) is 129 cm³/mol. The van der Waals surface area contributed by atoms with E-state index in [0.717, 1.165) is 6.42 Å². The summed E-state index contributed by atoms with van der Waals surface area (Å²) in [5.74, 6) is -1.35. The van der Waals surface area contributed by atoms with Gasteiger partial charge in [0.15, 0.2) is 25.5 Å². The Morgan fingerprint density at radius 2 is 1.47 bits per heavy atom. The monoisotopic (exact) mass is 538 g/mol. The van der Waals surface area contributed by atoms with Crippen LogP contribution < -0.4 is 0 Å². The van der Waals surface area contributed by atoms with E-state index in [1.54, 1.807) is 36.4 Å². The van der Waals surface area contributed by atoms with Gasteiger partial charge < -0.3 is 0 Å². The topological polar surface area (TPSA) is 85.3 Å². The van der Waals surface area contributed by atoms with Gasteiger partial charge >= 0.3 is 0 Å².